The number of carbonyl (C=O) groups is 1. The van der Waals surface area contributed by atoms with E-state index in [1.54, 1.807) is 6.07 Å². The van der Waals surface area contributed by atoms with Gasteiger partial charge in [-0.1, -0.05) is 6.07 Å². The quantitative estimate of drug-likeness (QED) is 0.878. The van der Waals surface area contributed by atoms with Crippen molar-refractivity contribution in [3.63, 3.8) is 0 Å². The van der Waals surface area contributed by atoms with Gasteiger partial charge in [-0.2, -0.15) is 0 Å². The van der Waals surface area contributed by atoms with Crippen molar-refractivity contribution in [3.8, 4) is 0 Å². The first kappa shape index (κ1) is 14.0. The van der Waals surface area contributed by atoms with E-state index in [0.717, 1.165) is 18.6 Å². The van der Waals surface area contributed by atoms with Crippen LogP contribution in [0.3, 0.4) is 0 Å². The summed E-state index contributed by atoms with van der Waals surface area (Å²) in [5.41, 5.74) is 0.303. The predicted molar refractivity (Wildman–Crippen MR) is 68.6 cm³/mol. The number of benzene rings is 1. The van der Waals surface area contributed by atoms with E-state index in [1.165, 1.54) is 12.1 Å². The minimum Gasteiger partial charge on any atom is -0.478 e. The lowest BCUT2D eigenvalue weighted by molar-refractivity contribution is 0.0692. The number of hydrogen-bond donors (Lipinski definition) is 2. The summed E-state index contributed by atoms with van der Waals surface area (Å²) in [6.45, 7) is 5.29. The van der Waals surface area contributed by atoms with Gasteiger partial charge in [-0.3, -0.25) is 0 Å². The van der Waals surface area contributed by atoms with Crippen molar-refractivity contribution < 1.29 is 19.0 Å². The zero-order valence-corrected chi connectivity index (χ0v) is 11.1. The van der Waals surface area contributed by atoms with Crippen LogP contribution in [0.4, 0.5) is 4.39 Å². The van der Waals surface area contributed by atoms with Gasteiger partial charge in [-0.25, -0.2) is 9.18 Å². The Morgan fingerprint density at radius 1 is 1.63 bits per heavy atom. The summed E-state index contributed by atoms with van der Waals surface area (Å²) in [4.78, 5) is 10.7. The normalized spacial score (nSPS) is 26.6. The third-order valence-corrected chi connectivity index (χ3v) is 3.85. The van der Waals surface area contributed by atoms with Crippen LogP contribution in [0.25, 0.3) is 0 Å². The van der Waals surface area contributed by atoms with Gasteiger partial charge in [0.2, 0.25) is 0 Å². The Morgan fingerprint density at radius 3 is 2.89 bits per heavy atom. The number of rotatable bonds is 4. The molecule has 0 saturated carbocycles. The number of aromatic carboxylic acids is 1. The van der Waals surface area contributed by atoms with E-state index in [-0.39, 0.29) is 17.2 Å². The van der Waals surface area contributed by atoms with Gasteiger partial charge in [-0.05, 0) is 38.0 Å². The summed E-state index contributed by atoms with van der Waals surface area (Å²) >= 11 is 0. The molecular weight excluding hydrogens is 249 g/mol. The van der Waals surface area contributed by atoms with Crippen molar-refractivity contribution in [1.29, 1.82) is 0 Å². The molecule has 1 aliphatic rings. The van der Waals surface area contributed by atoms with E-state index < -0.39 is 11.8 Å². The van der Waals surface area contributed by atoms with Crippen LogP contribution in [0.2, 0.25) is 0 Å². The molecule has 1 heterocycles. The van der Waals surface area contributed by atoms with Gasteiger partial charge in [0.25, 0.3) is 0 Å². The van der Waals surface area contributed by atoms with E-state index in [2.05, 4.69) is 12.2 Å². The minimum absolute atomic E-state index is 0.107. The van der Waals surface area contributed by atoms with E-state index >= 15 is 0 Å². The summed E-state index contributed by atoms with van der Waals surface area (Å²) in [6, 6.07) is 4.19. The van der Waals surface area contributed by atoms with Gasteiger partial charge >= 0.3 is 5.97 Å². The maximum atomic E-state index is 13.5. The molecule has 1 aromatic rings. The van der Waals surface area contributed by atoms with Crippen LogP contribution >= 0.6 is 0 Å². The standard InChI is InChI=1S/C14H18FNO3/c1-9-14(2,5-6-19-9)16-8-10-3-4-11(13(17)18)12(15)7-10/h3-4,7,9,16H,5-6,8H2,1-2H3,(H,17,18). The first-order chi connectivity index (χ1) is 8.92. The molecule has 1 saturated heterocycles. The molecular formula is C14H18FNO3. The highest BCUT2D eigenvalue weighted by atomic mass is 19.1. The summed E-state index contributed by atoms with van der Waals surface area (Å²) in [5.74, 6) is -1.95. The number of halogens is 1. The SMILES string of the molecule is CC1OCCC1(C)NCc1ccc(C(=O)O)c(F)c1. The summed E-state index contributed by atoms with van der Waals surface area (Å²) in [6.07, 6.45) is 1.01. The summed E-state index contributed by atoms with van der Waals surface area (Å²) < 4.78 is 19.1. The van der Waals surface area contributed by atoms with Crippen molar-refractivity contribution in [2.75, 3.05) is 6.61 Å². The lowest BCUT2D eigenvalue weighted by atomic mass is 9.94. The third-order valence-electron chi connectivity index (χ3n) is 3.85. The second kappa shape index (κ2) is 5.27. The second-order valence-electron chi connectivity index (χ2n) is 5.15. The molecule has 2 rings (SSSR count). The Kier molecular flexibility index (Phi) is 3.87. The number of hydrogen-bond acceptors (Lipinski definition) is 3. The molecule has 0 bridgehead atoms. The van der Waals surface area contributed by atoms with Crippen LogP contribution in [0, 0.1) is 5.82 Å². The average Bonchev–Trinajstić information content (AvgIpc) is 2.67. The molecule has 4 nitrogen and oxygen atoms in total. The molecule has 19 heavy (non-hydrogen) atoms. The number of nitrogens with one attached hydrogen (secondary N) is 1. The molecule has 2 unspecified atom stereocenters. The Hall–Kier alpha value is -1.46. The topological polar surface area (TPSA) is 58.6 Å². The number of carboxylic acids is 1. The Labute approximate surface area is 111 Å². The van der Waals surface area contributed by atoms with Gasteiger partial charge in [0.05, 0.1) is 11.7 Å². The van der Waals surface area contributed by atoms with Crippen molar-refractivity contribution in [2.45, 2.75) is 38.5 Å². The van der Waals surface area contributed by atoms with E-state index in [0.29, 0.717) is 6.54 Å². The van der Waals surface area contributed by atoms with Crippen molar-refractivity contribution in [1.82, 2.24) is 5.32 Å². The van der Waals surface area contributed by atoms with Crippen LogP contribution in [0.5, 0.6) is 0 Å². The molecule has 1 aromatic carbocycles. The second-order valence-corrected chi connectivity index (χ2v) is 5.15. The van der Waals surface area contributed by atoms with E-state index in [9.17, 15) is 9.18 Å². The molecule has 0 spiro atoms. The average molecular weight is 267 g/mol. The third kappa shape index (κ3) is 2.93. The highest BCUT2D eigenvalue weighted by Crippen LogP contribution is 2.25. The molecule has 0 aromatic heterocycles. The predicted octanol–water partition coefficient (Wildman–Crippen LogP) is 2.18. The Balaban J connectivity index is 2.04. The van der Waals surface area contributed by atoms with Crippen LogP contribution in [0.1, 0.15) is 36.2 Å². The highest BCUT2D eigenvalue weighted by Gasteiger charge is 2.36. The zero-order valence-electron chi connectivity index (χ0n) is 11.1. The molecule has 2 atom stereocenters. The lowest BCUT2D eigenvalue weighted by Gasteiger charge is -2.29. The molecule has 1 fully saturated rings. The van der Waals surface area contributed by atoms with Gasteiger partial charge in [0, 0.05) is 18.7 Å². The fraction of sp³-hybridized carbons (Fsp3) is 0.500. The Bertz CT molecular complexity index is 492. The molecule has 0 amide bonds. The molecule has 2 N–H and O–H groups in total. The molecule has 5 heteroatoms. The highest BCUT2D eigenvalue weighted by molar-refractivity contribution is 5.87. The molecule has 0 radical (unpaired) electrons. The maximum absolute atomic E-state index is 13.5. The first-order valence-electron chi connectivity index (χ1n) is 6.31. The largest absolute Gasteiger partial charge is 0.478 e. The number of carboxylic acid groups (broad SMARTS) is 1. The molecule has 1 aliphatic heterocycles. The van der Waals surface area contributed by atoms with E-state index in [1.807, 2.05) is 6.92 Å². The smallest absolute Gasteiger partial charge is 0.338 e. The molecule has 0 aliphatic carbocycles. The summed E-state index contributed by atoms with van der Waals surface area (Å²) in [7, 11) is 0. The van der Waals surface area contributed by atoms with Crippen LogP contribution in [0.15, 0.2) is 18.2 Å². The van der Waals surface area contributed by atoms with Crippen LogP contribution in [-0.2, 0) is 11.3 Å². The maximum Gasteiger partial charge on any atom is 0.338 e. The van der Waals surface area contributed by atoms with Crippen molar-refractivity contribution in [3.05, 3.63) is 35.1 Å². The lowest BCUT2D eigenvalue weighted by Crippen LogP contribution is -2.47. The molecule has 104 valence electrons. The van der Waals surface area contributed by atoms with Crippen molar-refractivity contribution in [2.24, 2.45) is 0 Å². The minimum atomic E-state index is -1.25. The fourth-order valence-electron chi connectivity index (χ4n) is 2.21. The summed E-state index contributed by atoms with van der Waals surface area (Å²) in [5, 5.41) is 12.1. The van der Waals surface area contributed by atoms with Crippen LogP contribution < -0.4 is 5.32 Å². The van der Waals surface area contributed by atoms with Crippen LogP contribution in [-0.4, -0.2) is 29.3 Å². The van der Waals surface area contributed by atoms with Gasteiger partial charge < -0.3 is 15.2 Å². The number of ether oxygens (including phenoxy) is 1. The first-order valence-corrected chi connectivity index (χ1v) is 6.31. The van der Waals surface area contributed by atoms with Gasteiger partial charge in [0.1, 0.15) is 5.82 Å². The van der Waals surface area contributed by atoms with E-state index in [4.69, 9.17) is 9.84 Å². The monoisotopic (exact) mass is 267 g/mol. The Morgan fingerprint density at radius 2 is 2.37 bits per heavy atom. The van der Waals surface area contributed by atoms with Gasteiger partial charge in [-0.15, -0.1) is 0 Å². The van der Waals surface area contributed by atoms with Gasteiger partial charge in [0.15, 0.2) is 0 Å². The fourth-order valence-corrected chi connectivity index (χ4v) is 2.21. The zero-order chi connectivity index (χ0) is 14.0. The van der Waals surface area contributed by atoms with Crippen molar-refractivity contribution >= 4 is 5.97 Å².